The Morgan fingerprint density at radius 1 is 0.729 bits per heavy atom. The zero-order valence-corrected chi connectivity index (χ0v) is 34.3. The SMILES string of the molecule is COC(=O)NC(C(=O)N1[C@@H]2C[C@@H]2C[C@H]1c1ncc(-c2ccc(-c3ccc4c(ccc5nc([C@@H]6[C@H]7CC[C@H](C7)N6C(=O)[C@@H](NC(=O)OC)C(C)C)[nH]c54)c3)cc2)[nH]1)C(C)C. The second-order valence-corrected chi connectivity index (χ2v) is 17.5. The van der Waals surface area contributed by atoms with Gasteiger partial charge in [0.05, 0.1) is 49.2 Å². The Hall–Kier alpha value is -5.92. The van der Waals surface area contributed by atoms with Gasteiger partial charge in [0.25, 0.3) is 0 Å². The maximum absolute atomic E-state index is 14.1. The van der Waals surface area contributed by atoms with Gasteiger partial charge in [-0.2, -0.15) is 0 Å². The number of rotatable bonds is 10. The second kappa shape index (κ2) is 15.0. The maximum atomic E-state index is 14.1. The third-order valence-corrected chi connectivity index (χ3v) is 13.2. The van der Waals surface area contributed by atoms with Crippen molar-refractivity contribution < 1.29 is 28.7 Å². The number of likely N-dealkylation sites (tertiary alicyclic amines) is 2. The molecule has 14 heteroatoms. The minimum absolute atomic E-state index is 0.0913. The van der Waals surface area contributed by atoms with Crippen LogP contribution in [0.3, 0.4) is 0 Å². The first-order chi connectivity index (χ1) is 28.4. The number of hydrogen-bond donors (Lipinski definition) is 4. The number of carbonyl (C=O) groups is 4. The van der Waals surface area contributed by atoms with E-state index >= 15 is 0 Å². The van der Waals surface area contributed by atoms with Crippen LogP contribution in [0.25, 0.3) is 44.2 Å². The highest BCUT2D eigenvalue weighted by molar-refractivity contribution is 6.05. The van der Waals surface area contributed by atoms with Crippen molar-refractivity contribution in [1.82, 2.24) is 40.4 Å². The lowest BCUT2D eigenvalue weighted by Gasteiger charge is -2.37. The molecule has 2 aromatic heterocycles. The number of benzene rings is 3. The van der Waals surface area contributed by atoms with Crippen LogP contribution in [0.4, 0.5) is 9.59 Å². The molecule has 2 aliphatic carbocycles. The summed E-state index contributed by atoms with van der Waals surface area (Å²) in [5.74, 6) is 1.89. The number of nitrogens with zero attached hydrogens (tertiary/aromatic N) is 4. The van der Waals surface area contributed by atoms with E-state index in [1.165, 1.54) is 14.2 Å². The van der Waals surface area contributed by atoms with Crippen LogP contribution in [0.2, 0.25) is 0 Å². The predicted molar refractivity (Wildman–Crippen MR) is 222 cm³/mol. The monoisotopic (exact) mass is 800 g/mol. The van der Waals surface area contributed by atoms with Crippen LogP contribution < -0.4 is 10.6 Å². The first-order valence-electron chi connectivity index (χ1n) is 20.8. The molecule has 2 saturated heterocycles. The fraction of sp³-hybridized carbons (Fsp3) is 0.467. The van der Waals surface area contributed by atoms with E-state index in [4.69, 9.17) is 19.4 Å². The third kappa shape index (κ3) is 6.85. The number of nitrogens with one attached hydrogen (secondary N) is 4. The quantitative estimate of drug-likeness (QED) is 0.114. The molecule has 59 heavy (non-hydrogen) atoms. The highest BCUT2D eigenvalue weighted by Gasteiger charge is 2.56. The van der Waals surface area contributed by atoms with Crippen molar-refractivity contribution in [3.63, 3.8) is 0 Å². The van der Waals surface area contributed by atoms with Crippen molar-refractivity contribution in [3.05, 3.63) is 72.4 Å². The second-order valence-electron chi connectivity index (χ2n) is 17.5. The molecule has 308 valence electrons. The Morgan fingerprint density at radius 3 is 2.07 bits per heavy atom. The van der Waals surface area contributed by atoms with Gasteiger partial charge in [-0.25, -0.2) is 19.6 Å². The van der Waals surface area contributed by atoms with Gasteiger partial charge in [0.1, 0.15) is 23.7 Å². The normalized spacial score (nSPS) is 24.1. The molecule has 2 saturated carbocycles. The third-order valence-electron chi connectivity index (χ3n) is 13.2. The zero-order chi connectivity index (χ0) is 41.3. The molecular weight excluding hydrogens is 749 g/mol. The molecule has 14 nitrogen and oxygen atoms in total. The van der Waals surface area contributed by atoms with E-state index < -0.39 is 24.3 Å². The van der Waals surface area contributed by atoms with Gasteiger partial charge in [-0.15, -0.1) is 0 Å². The number of ether oxygens (including phenoxy) is 2. The fourth-order valence-corrected chi connectivity index (χ4v) is 10.0. The molecule has 4 amide bonds. The number of H-pyrrole nitrogens is 2. The Kier molecular flexibility index (Phi) is 9.83. The number of alkyl carbamates (subject to hydrolysis) is 2. The van der Waals surface area contributed by atoms with Crippen LogP contribution >= 0.6 is 0 Å². The smallest absolute Gasteiger partial charge is 0.407 e. The lowest BCUT2D eigenvalue weighted by atomic mass is 9.95. The van der Waals surface area contributed by atoms with Crippen molar-refractivity contribution in [3.8, 4) is 22.4 Å². The molecule has 0 spiro atoms. The van der Waals surface area contributed by atoms with E-state index in [0.29, 0.717) is 11.8 Å². The van der Waals surface area contributed by atoms with Gasteiger partial charge >= 0.3 is 12.2 Å². The van der Waals surface area contributed by atoms with Gasteiger partial charge < -0.3 is 39.9 Å². The number of piperidine rings is 2. The largest absolute Gasteiger partial charge is 0.453 e. The minimum atomic E-state index is -0.689. The molecule has 2 bridgehead atoms. The van der Waals surface area contributed by atoms with Gasteiger partial charge in [-0.05, 0) is 90.0 Å². The highest BCUT2D eigenvalue weighted by atomic mass is 16.5. The summed E-state index contributed by atoms with van der Waals surface area (Å²) >= 11 is 0. The molecule has 0 radical (unpaired) electrons. The molecule has 2 aliphatic heterocycles. The molecule has 1 unspecified atom stereocenters. The van der Waals surface area contributed by atoms with Gasteiger partial charge in [0.15, 0.2) is 0 Å². The average molecular weight is 801 g/mol. The Balaban J connectivity index is 0.932. The van der Waals surface area contributed by atoms with Crippen molar-refractivity contribution in [2.75, 3.05) is 14.2 Å². The van der Waals surface area contributed by atoms with Crippen LogP contribution in [0, 0.1) is 23.7 Å². The summed E-state index contributed by atoms with van der Waals surface area (Å²) in [6.45, 7) is 7.71. The minimum Gasteiger partial charge on any atom is -0.453 e. The van der Waals surface area contributed by atoms with Gasteiger partial charge in [0, 0.05) is 17.5 Å². The standard InChI is InChI=1S/C45H52N8O6/c1-22(2)36(50-44(56)58-5)42(54)52-30-14-11-28(18-30)39(52)41-47-32-16-13-27-17-26(12-15-31(27)38(32)49-41)24-7-9-25(10-8-24)33-21-46-40(48-33)35-20-29-19-34(29)53(35)43(55)37(23(3)4)51-45(57)59-6/h7-10,12-13,15-17,21-23,28-30,34-37,39H,11,14,18-20H2,1-6H3,(H,46,48)(H,47,49)(H,50,56)(H,51,57)/t28-,29+,30+,34+,35-,36-,37?,39-/m0/s1. The molecule has 8 atom stereocenters. The Labute approximate surface area is 342 Å². The van der Waals surface area contributed by atoms with Crippen LogP contribution in [-0.4, -0.2) is 92.1 Å². The molecule has 4 heterocycles. The van der Waals surface area contributed by atoms with E-state index in [9.17, 15) is 19.2 Å². The molecular formula is C45H52N8O6. The number of methoxy groups -OCH3 is 2. The maximum Gasteiger partial charge on any atom is 0.407 e. The number of aromatic nitrogens is 4. The summed E-state index contributed by atoms with van der Waals surface area (Å²) in [5.41, 5.74) is 5.81. The Morgan fingerprint density at radius 2 is 1.39 bits per heavy atom. The summed E-state index contributed by atoms with van der Waals surface area (Å²) in [5, 5.41) is 7.64. The van der Waals surface area contributed by atoms with E-state index in [1.54, 1.807) is 0 Å². The van der Waals surface area contributed by atoms with Crippen molar-refractivity contribution >= 4 is 45.8 Å². The van der Waals surface area contributed by atoms with Gasteiger partial charge in [-0.3, -0.25) is 9.59 Å². The number of imidazole rings is 2. The van der Waals surface area contributed by atoms with Gasteiger partial charge in [-0.1, -0.05) is 70.2 Å². The molecule has 5 aromatic rings. The van der Waals surface area contributed by atoms with Crippen molar-refractivity contribution in [1.29, 1.82) is 0 Å². The molecule has 4 N–H and O–H groups in total. The van der Waals surface area contributed by atoms with Crippen molar-refractivity contribution in [2.45, 2.75) is 96.1 Å². The van der Waals surface area contributed by atoms with Gasteiger partial charge in [0.2, 0.25) is 11.8 Å². The number of fused-ring (bicyclic) bond motifs is 6. The molecule has 3 aromatic carbocycles. The fourth-order valence-electron chi connectivity index (χ4n) is 10.0. The highest BCUT2D eigenvalue weighted by Crippen LogP contribution is 2.54. The van der Waals surface area contributed by atoms with E-state index in [2.05, 4.69) is 69.1 Å². The van der Waals surface area contributed by atoms with E-state index in [-0.39, 0.29) is 47.8 Å². The number of carbonyl (C=O) groups excluding carboxylic acids is 4. The summed E-state index contributed by atoms with van der Waals surface area (Å²) in [6, 6.07) is 17.5. The molecule has 4 aliphatic rings. The van der Waals surface area contributed by atoms with Crippen molar-refractivity contribution in [2.24, 2.45) is 23.7 Å². The number of amides is 4. The topological polar surface area (TPSA) is 175 Å². The first-order valence-corrected chi connectivity index (χ1v) is 20.8. The van der Waals surface area contributed by atoms with Crippen LogP contribution in [0.5, 0.6) is 0 Å². The van der Waals surface area contributed by atoms with E-state index in [0.717, 1.165) is 87.9 Å². The summed E-state index contributed by atoms with van der Waals surface area (Å²) < 4.78 is 9.65. The molecule has 9 rings (SSSR count). The number of hydrogen-bond acceptors (Lipinski definition) is 8. The molecule has 4 fully saturated rings. The number of aromatic amines is 2. The Bertz CT molecular complexity index is 2440. The van der Waals surface area contributed by atoms with Crippen LogP contribution in [-0.2, 0) is 19.1 Å². The summed E-state index contributed by atoms with van der Waals surface area (Å²) in [7, 11) is 2.61. The summed E-state index contributed by atoms with van der Waals surface area (Å²) in [4.78, 5) is 73.0. The van der Waals surface area contributed by atoms with E-state index in [1.807, 2.05) is 49.8 Å². The van der Waals surface area contributed by atoms with Crippen LogP contribution in [0.1, 0.15) is 83.5 Å². The van der Waals surface area contributed by atoms with Crippen LogP contribution in [0.15, 0.2) is 60.8 Å². The lowest BCUT2D eigenvalue weighted by Crippen LogP contribution is -2.54. The zero-order valence-electron chi connectivity index (χ0n) is 34.3. The summed E-state index contributed by atoms with van der Waals surface area (Å²) in [6.07, 6.45) is 5.34. The lowest BCUT2D eigenvalue weighted by molar-refractivity contribution is -0.139. The average Bonchev–Trinajstić information content (AvgIpc) is 3.86. The first kappa shape index (κ1) is 38.6. The predicted octanol–water partition coefficient (Wildman–Crippen LogP) is 7.25.